The Kier molecular flexibility index (Phi) is 9.10. The number of aryl methyl sites for hydroxylation is 2. The summed E-state index contributed by atoms with van der Waals surface area (Å²) in [6, 6.07) is 3.43. The van der Waals surface area contributed by atoms with Gasteiger partial charge in [-0.1, -0.05) is 0 Å². The second-order valence-electron chi connectivity index (χ2n) is 11.5. The van der Waals surface area contributed by atoms with Crippen LogP contribution in [0.5, 0.6) is 5.75 Å². The molecule has 1 N–H and O–H groups in total. The molecule has 0 aliphatic carbocycles. The summed E-state index contributed by atoms with van der Waals surface area (Å²) in [5, 5.41) is 0.721. The van der Waals surface area contributed by atoms with Crippen molar-refractivity contribution in [2.75, 3.05) is 26.6 Å². The molecule has 2 aromatic heterocycles. The zero-order valence-electron chi connectivity index (χ0n) is 24.8. The molecule has 224 valence electrons. The maximum absolute atomic E-state index is 15.5. The summed E-state index contributed by atoms with van der Waals surface area (Å²) in [5.41, 5.74) is 4.81. The van der Waals surface area contributed by atoms with E-state index in [1.807, 2.05) is 33.8 Å². The van der Waals surface area contributed by atoms with Gasteiger partial charge in [0.25, 0.3) is 10.1 Å². The zero-order chi connectivity index (χ0) is 30.1. The number of nitrogens with zero attached hydrogens (tertiary/aromatic N) is 1. The highest BCUT2D eigenvalue weighted by Gasteiger charge is 2.35. The van der Waals surface area contributed by atoms with Gasteiger partial charge in [0, 0.05) is 33.5 Å². The maximum Gasteiger partial charge on any atom is 0.339 e. The molecule has 4 rings (SSSR count). The van der Waals surface area contributed by atoms with Gasteiger partial charge in [-0.2, -0.15) is 8.42 Å². The first-order chi connectivity index (χ1) is 19.2. The number of carbonyl (C=O) groups excluding carboxylic acids is 1. The number of ether oxygens (including phenoxy) is 3. The molecule has 0 saturated heterocycles. The van der Waals surface area contributed by atoms with Crippen molar-refractivity contribution >= 4 is 27.1 Å². The molecule has 0 amide bonds. The van der Waals surface area contributed by atoms with Crippen LogP contribution in [0.3, 0.4) is 0 Å². The number of benzene rings is 1. The predicted molar refractivity (Wildman–Crippen MR) is 154 cm³/mol. The zero-order valence-corrected chi connectivity index (χ0v) is 25.6. The standard InChI is InChI=1S/C30H39FN2O7S/c1-17-20-12-10-13-38-26(20)23(31)16-21(17)25-22-15-19(11-8-9-14-39-41(7,35)36)33-28(22)32-18(2)24(25)27(29(34)37-6)40-30(3,4)5/h15-16,27H,8-14H2,1-7H3,(H,32,33)/t27-/m0/s1. The molecule has 0 unspecified atom stereocenters. The van der Waals surface area contributed by atoms with Gasteiger partial charge >= 0.3 is 5.97 Å². The molecule has 41 heavy (non-hydrogen) atoms. The molecule has 1 aromatic carbocycles. The van der Waals surface area contributed by atoms with E-state index in [2.05, 4.69) is 4.98 Å². The van der Waals surface area contributed by atoms with Crippen molar-refractivity contribution in [1.29, 1.82) is 0 Å². The van der Waals surface area contributed by atoms with Crippen molar-refractivity contribution in [3.63, 3.8) is 0 Å². The number of methoxy groups -OCH3 is 1. The summed E-state index contributed by atoms with van der Waals surface area (Å²) in [6.45, 7) is 9.88. The van der Waals surface area contributed by atoms with Crippen LogP contribution in [0, 0.1) is 19.7 Å². The van der Waals surface area contributed by atoms with Crippen LogP contribution in [0.15, 0.2) is 12.1 Å². The third-order valence-corrected chi connectivity index (χ3v) is 7.65. The number of aromatic amines is 1. The molecule has 0 spiro atoms. The number of hydrogen-bond donors (Lipinski definition) is 1. The van der Waals surface area contributed by atoms with Gasteiger partial charge in [-0.05, 0) is 90.0 Å². The third-order valence-electron chi connectivity index (χ3n) is 7.05. The number of hydrogen-bond acceptors (Lipinski definition) is 8. The fourth-order valence-electron chi connectivity index (χ4n) is 5.31. The molecule has 0 bridgehead atoms. The molecular weight excluding hydrogens is 551 g/mol. The highest BCUT2D eigenvalue weighted by atomic mass is 32.2. The average molecular weight is 591 g/mol. The maximum atomic E-state index is 15.5. The van der Waals surface area contributed by atoms with Crippen LogP contribution in [-0.4, -0.2) is 56.5 Å². The van der Waals surface area contributed by atoms with E-state index in [0.29, 0.717) is 60.3 Å². The Morgan fingerprint density at radius 3 is 2.61 bits per heavy atom. The van der Waals surface area contributed by atoms with Gasteiger partial charge in [0.15, 0.2) is 17.7 Å². The normalized spacial score (nSPS) is 14.5. The summed E-state index contributed by atoms with van der Waals surface area (Å²) in [7, 11) is -2.18. The lowest BCUT2D eigenvalue weighted by molar-refractivity contribution is -0.164. The molecule has 0 radical (unpaired) electrons. The van der Waals surface area contributed by atoms with Gasteiger partial charge in [-0.15, -0.1) is 0 Å². The van der Waals surface area contributed by atoms with Crippen LogP contribution in [0.25, 0.3) is 22.2 Å². The van der Waals surface area contributed by atoms with Crippen LogP contribution in [-0.2, 0) is 41.4 Å². The van der Waals surface area contributed by atoms with Crippen LogP contribution < -0.4 is 4.74 Å². The second-order valence-corrected chi connectivity index (χ2v) is 13.1. The van der Waals surface area contributed by atoms with Crippen molar-refractivity contribution < 1.29 is 36.0 Å². The Morgan fingerprint density at radius 2 is 1.95 bits per heavy atom. The first-order valence-electron chi connectivity index (χ1n) is 13.8. The number of H-pyrrole nitrogens is 1. The molecule has 9 nitrogen and oxygen atoms in total. The van der Waals surface area contributed by atoms with Crippen molar-refractivity contribution in [2.45, 2.75) is 78.4 Å². The first kappa shape index (κ1) is 30.9. The van der Waals surface area contributed by atoms with E-state index < -0.39 is 33.6 Å². The van der Waals surface area contributed by atoms with Gasteiger partial charge in [0.1, 0.15) is 5.65 Å². The number of unbranched alkanes of at least 4 members (excludes halogenated alkanes) is 1. The first-order valence-corrected chi connectivity index (χ1v) is 15.6. The number of aromatic nitrogens is 2. The van der Waals surface area contributed by atoms with Crippen LogP contribution in [0.1, 0.15) is 74.2 Å². The number of fused-ring (bicyclic) bond motifs is 2. The lowest BCUT2D eigenvalue weighted by Crippen LogP contribution is -2.29. The Bertz CT molecular complexity index is 1560. The van der Waals surface area contributed by atoms with E-state index in [4.69, 9.17) is 23.4 Å². The van der Waals surface area contributed by atoms with Gasteiger partial charge in [0.05, 0.1) is 32.2 Å². The van der Waals surface area contributed by atoms with Crippen molar-refractivity contribution in [1.82, 2.24) is 9.97 Å². The number of carbonyl (C=O) groups is 1. The largest absolute Gasteiger partial charge is 0.490 e. The Hall–Kier alpha value is -3.02. The van der Waals surface area contributed by atoms with E-state index in [0.717, 1.165) is 34.9 Å². The summed E-state index contributed by atoms with van der Waals surface area (Å²) in [4.78, 5) is 21.4. The lowest BCUT2D eigenvalue weighted by Gasteiger charge is -2.29. The quantitative estimate of drug-likeness (QED) is 0.183. The topological polar surface area (TPSA) is 117 Å². The summed E-state index contributed by atoms with van der Waals surface area (Å²) >= 11 is 0. The fourth-order valence-corrected chi connectivity index (χ4v) is 5.73. The second kappa shape index (κ2) is 12.1. The summed E-state index contributed by atoms with van der Waals surface area (Å²) in [6.07, 6.45) is 3.22. The molecule has 0 fully saturated rings. The van der Waals surface area contributed by atoms with Gasteiger partial charge in [-0.25, -0.2) is 14.2 Å². The van der Waals surface area contributed by atoms with Gasteiger partial charge < -0.3 is 19.2 Å². The number of halogens is 1. The highest BCUT2D eigenvalue weighted by molar-refractivity contribution is 7.85. The number of esters is 1. The molecule has 1 atom stereocenters. The molecule has 1 aliphatic heterocycles. The van der Waals surface area contributed by atoms with E-state index in [1.165, 1.54) is 13.2 Å². The lowest BCUT2D eigenvalue weighted by atomic mass is 9.86. The van der Waals surface area contributed by atoms with Gasteiger partial charge in [-0.3, -0.25) is 4.18 Å². The summed E-state index contributed by atoms with van der Waals surface area (Å²) in [5.74, 6) is -0.754. The fraction of sp³-hybridized carbons (Fsp3) is 0.533. The Morgan fingerprint density at radius 1 is 1.22 bits per heavy atom. The van der Waals surface area contributed by atoms with Crippen LogP contribution >= 0.6 is 0 Å². The SMILES string of the molecule is COC(=O)[C@@H](OC(C)(C)C)c1c(C)nc2[nH]c(CCCCOS(C)(=O)=O)cc2c1-c1cc(F)c2c(c1C)CCCO2. The molecule has 1 aliphatic rings. The summed E-state index contributed by atoms with van der Waals surface area (Å²) < 4.78 is 60.0. The third kappa shape index (κ3) is 7.07. The van der Waals surface area contributed by atoms with Gasteiger partial charge in [0.2, 0.25) is 0 Å². The number of pyridine rings is 1. The van der Waals surface area contributed by atoms with E-state index in [-0.39, 0.29) is 12.4 Å². The van der Waals surface area contributed by atoms with E-state index >= 15 is 4.39 Å². The minimum absolute atomic E-state index is 0.104. The molecule has 11 heteroatoms. The minimum atomic E-state index is -3.49. The number of rotatable bonds is 10. The average Bonchev–Trinajstić information content (AvgIpc) is 3.29. The predicted octanol–water partition coefficient (Wildman–Crippen LogP) is 5.64. The van der Waals surface area contributed by atoms with Crippen LogP contribution in [0.2, 0.25) is 0 Å². The molecule has 3 heterocycles. The highest BCUT2D eigenvalue weighted by Crippen LogP contribution is 2.44. The van der Waals surface area contributed by atoms with Crippen molar-refractivity contribution in [2.24, 2.45) is 0 Å². The number of nitrogens with one attached hydrogen (secondary N) is 1. The van der Waals surface area contributed by atoms with Crippen LogP contribution in [0.4, 0.5) is 4.39 Å². The molecule has 0 saturated carbocycles. The van der Waals surface area contributed by atoms with Crippen molar-refractivity contribution in [3.05, 3.63) is 46.0 Å². The molecule has 3 aromatic rings. The van der Waals surface area contributed by atoms with E-state index in [1.54, 1.807) is 6.92 Å². The Labute approximate surface area is 240 Å². The minimum Gasteiger partial charge on any atom is -0.490 e. The smallest absolute Gasteiger partial charge is 0.339 e. The molecular formula is C30H39FN2O7S. The monoisotopic (exact) mass is 590 g/mol. The van der Waals surface area contributed by atoms with Crippen molar-refractivity contribution in [3.8, 4) is 16.9 Å². The van der Waals surface area contributed by atoms with E-state index in [9.17, 15) is 13.2 Å². The Balaban J connectivity index is 1.90.